The number of hydrogen-bond donors (Lipinski definition) is 0. The monoisotopic (exact) mass is 432 g/mol. The molecule has 0 radical (unpaired) electrons. The predicted molar refractivity (Wildman–Crippen MR) is 114 cm³/mol. The number of nitrogens with zero attached hydrogens (tertiary/aromatic N) is 2. The van der Waals surface area contributed by atoms with Gasteiger partial charge in [0.2, 0.25) is 0 Å². The number of rotatable bonds is 9. The molecule has 0 unspecified atom stereocenters. The molecule has 8 heteroatoms. The van der Waals surface area contributed by atoms with E-state index in [1.54, 1.807) is 38.5 Å². The average Bonchev–Trinajstić information content (AvgIpc) is 3.41. The van der Waals surface area contributed by atoms with Gasteiger partial charge in [-0.05, 0) is 56.9 Å². The summed E-state index contributed by atoms with van der Waals surface area (Å²) in [6.45, 7) is 6.47. The van der Waals surface area contributed by atoms with Crippen LogP contribution in [0.1, 0.15) is 59.3 Å². The van der Waals surface area contributed by atoms with E-state index >= 15 is 0 Å². The lowest BCUT2D eigenvalue weighted by Gasteiger charge is -2.36. The first kappa shape index (κ1) is 23.1. The van der Waals surface area contributed by atoms with Crippen molar-refractivity contribution >= 4 is 11.8 Å². The van der Waals surface area contributed by atoms with Crippen molar-refractivity contribution in [1.82, 2.24) is 9.80 Å². The lowest BCUT2D eigenvalue weighted by molar-refractivity contribution is 0.0516. The number of methoxy groups -OCH3 is 2. The number of carbonyl (C=O) groups is 2. The highest BCUT2D eigenvalue weighted by Gasteiger charge is 2.30. The molecular weight excluding hydrogens is 400 g/mol. The van der Waals surface area contributed by atoms with Crippen LogP contribution < -0.4 is 0 Å². The summed E-state index contributed by atoms with van der Waals surface area (Å²) in [5.74, 6) is 1.81. The number of hydrogen-bond acceptors (Lipinski definition) is 6. The molecule has 3 heterocycles. The maximum atomic E-state index is 13.1. The van der Waals surface area contributed by atoms with Crippen molar-refractivity contribution in [3.8, 4) is 0 Å². The van der Waals surface area contributed by atoms with Crippen LogP contribution in [0.4, 0.5) is 0 Å². The highest BCUT2D eigenvalue weighted by atomic mass is 16.5. The predicted octanol–water partition coefficient (Wildman–Crippen LogP) is 3.57. The molecule has 1 saturated heterocycles. The molecule has 0 saturated carbocycles. The minimum absolute atomic E-state index is 0.0104. The quantitative estimate of drug-likeness (QED) is 0.602. The van der Waals surface area contributed by atoms with E-state index < -0.39 is 0 Å². The van der Waals surface area contributed by atoms with Gasteiger partial charge in [-0.3, -0.25) is 9.59 Å². The normalized spacial score (nSPS) is 16.7. The van der Waals surface area contributed by atoms with Crippen LogP contribution in [0, 0.1) is 5.92 Å². The summed E-state index contributed by atoms with van der Waals surface area (Å²) >= 11 is 0. The number of amides is 2. The third-order valence-corrected chi connectivity index (χ3v) is 5.46. The second-order valence-corrected chi connectivity index (χ2v) is 8.21. The van der Waals surface area contributed by atoms with Gasteiger partial charge in [0.05, 0.1) is 0 Å². The zero-order valence-electron chi connectivity index (χ0n) is 18.8. The lowest BCUT2D eigenvalue weighted by Crippen LogP contribution is -2.46. The fraction of sp³-hybridized carbons (Fsp3) is 0.565. The van der Waals surface area contributed by atoms with Gasteiger partial charge in [0.25, 0.3) is 11.8 Å². The third kappa shape index (κ3) is 5.77. The van der Waals surface area contributed by atoms with E-state index in [0.717, 1.165) is 12.8 Å². The zero-order chi connectivity index (χ0) is 22.4. The van der Waals surface area contributed by atoms with Crippen LogP contribution in [0.25, 0.3) is 0 Å². The van der Waals surface area contributed by atoms with Crippen LogP contribution in [0.3, 0.4) is 0 Å². The fourth-order valence-corrected chi connectivity index (χ4v) is 3.93. The molecule has 8 nitrogen and oxygen atoms in total. The van der Waals surface area contributed by atoms with E-state index in [1.807, 2.05) is 23.6 Å². The summed E-state index contributed by atoms with van der Waals surface area (Å²) in [4.78, 5) is 29.6. The maximum Gasteiger partial charge on any atom is 0.289 e. The third-order valence-electron chi connectivity index (χ3n) is 5.46. The van der Waals surface area contributed by atoms with Crippen molar-refractivity contribution in [2.24, 2.45) is 5.92 Å². The number of carbonyl (C=O) groups excluding carboxylic acids is 2. The zero-order valence-corrected chi connectivity index (χ0v) is 18.8. The van der Waals surface area contributed by atoms with Gasteiger partial charge in [0, 0.05) is 39.9 Å². The summed E-state index contributed by atoms with van der Waals surface area (Å²) in [6, 6.07) is 6.92. The largest absolute Gasteiger partial charge is 0.453 e. The van der Waals surface area contributed by atoms with E-state index in [-0.39, 0.29) is 23.8 Å². The molecule has 2 aromatic heterocycles. The highest BCUT2D eigenvalue weighted by molar-refractivity contribution is 5.92. The summed E-state index contributed by atoms with van der Waals surface area (Å²) in [5, 5.41) is 0. The Morgan fingerprint density at radius 2 is 1.68 bits per heavy atom. The first-order valence-electron chi connectivity index (χ1n) is 10.7. The van der Waals surface area contributed by atoms with Crippen LogP contribution in [0.15, 0.2) is 33.1 Å². The molecule has 3 rings (SSSR count). The highest BCUT2D eigenvalue weighted by Crippen LogP contribution is 2.23. The molecule has 31 heavy (non-hydrogen) atoms. The fourth-order valence-electron chi connectivity index (χ4n) is 3.93. The molecule has 0 aliphatic carbocycles. The molecule has 1 fully saturated rings. The maximum absolute atomic E-state index is 13.1. The van der Waals surface area contributed by atoms with Gasteiger partial charge in [0.1, 0.15) is 24.7 Å². The van der Waals surface area contributed by atoms with Crippen LogP contribution in [0.5, 0.6) is 0 Å². The van der Waals surface area contributed by atoms with Crippen molar-refractivity contribution in [1.29, 1.82) is 0 Å². The number of likely N-dealkylation sites (tertiary alicyclic amines) is 1. The smallest absolute Gasteiger partial charge is 0.289 e. The Balaban J connectivity index is 1.64. The number of furan rings is 2. The summed E-state index contributed by atoms with van der Waals surface area (Å²) < 4.78 is 21.4. The SMILES string of the molecule is COCc1ccc(C(=O)N2CCC[C@H](CN(C(=O)c3ccc(COC)o3)C(C)C)C2)o1. The second kappa shape index (κ2) is 10.6. The van der Waals surface area contributed by atoms with Crippen LogP contribution in [-0.4, -0.2) is 61.5 Å². The van der Waals surface area contributed by atoms with Gasteiger partial charge in [0.15, 0.2) is 11.5 Å². The molecule has 1 atom stereocenters. The number of piperidine rings is 1. The molecule has 0 spiro atoms. The van der Waals surface area contributed by atoms with Crippen molar-refractivity contribution in [3.05, 3.63) is 47.3 Å². The van der Waals surface area contributed by atoms with Gasteiger partial charge in [-0.2, -0.15) is 0 Å². The first-order chi connectivity index (χ1) is 14.9. The van der Waals surface area contributed by atoms with Crippen LogP contribution >= 0.6 is 0 Å². The molecule has 2 amide bonds. The Bertz CT molecular complexity index is 871. The Kier molecular flexibility index (Phi) is 7.92. The van der Waals surface area contributed by atoms with Gasteiger partial charge in [-0.15, -0.1) is 0 Å². The summed E-state index contributed by atoms with van der Waals surface area (Å²) in [5.41, 5.74) is 0. The minimum Gasteiger partial charge on any atom is -0.453 e. The molecule has 1 aliphatic heterocycles. The molecule has 170 valence electrons. The topological polar surface area (TPSA) is 85.4 Å². The number of ether oxygens (including phenoxy) is 2. The standard InChI is InChI=1S/C23H32N2O6/c1-16(2)25(23(27)21-10-8-19(31-21)15-29-4)13-17-6-5-11-24(12-17)22(26)20-9-7-18(30-20)14-28-3/h7-10,16-17H,5-6,11-15H2,1-4H3/t17-/m0/s1. The van der Waals surface area contributed by atoms with E-state index in [0.29, 0.717) is 55.9 Å². The summed E-state index contributed by atoms with van der Waals surface area (Å²) in [7, 11) is 3.17. The minimum atomic E-state index is -0.143. The Labute approximate surface area is 183 Å². The van der Waals surface area contributed by atoms with Gasteiger partial charge in [-0.25, -0.2) is 0 Å². The lowest BCUT2D eigenvalue weighted by atomic mass is 9.96. The Hall–Kier alpha value is -2.58. The van der Waals surface area contributed by atoms with E-state index in [9.17, 15) is 9.59 Å². The Morgan fingerprint density at radius 3 is 2.29 bits per heavy atom. The van der Waals surface area contributed by atoms with Crippen molar-refractivity contribution in [2.75, 3.05) is 33.9 Å². The van der Waals surface area contributed by atoms with E-state index in [1.165, 1.54) is 0 Å². The molecule has 0 aromatic carbocycles. The van der Waals surface area contributed by atoms with Crippen LogP contribution in [0.2, 0.25) is 0 Å². The molecule has 0 bridgehead atoms. The van der Waals surface area contributed by atoms with Gasteiger partial charge < -0.3 is 28.1 Å². The van der Waals surface area contributed by atoms with Gasteiger partial charge >= 0.3 is 0 Å². The summed E-state index contributed by atoms with van der Waals surface area (Å²) in [6.07, 6.45) is 1.85. The van der Waals surface area contributed by atoms with Crippen molar-refractivity contribution in [3.63, 3.8) is 0 Å². The molecule has 2 aromatic rings. The first-order valence-corrected chi connectivity index (χ1v) is 10.7. The molecule has 1 aliphatic rings. The average molecular weight is 433 g/mol. The molecular formula is C23H32N2O6. The Morgan fingerprint density at radius 1 is 1.06 bits per heavy atom. The van der Waals surface area contributed by atoms with Crippen LogP contribution in [-0.2, 0) is 22.7 Å². The van der Waals surface area contributed by atoms with Crippen molar-refractivity contribution < 1.29 is 27.9 Å². The van der Waals surface area contributed by atoms with E-state index in [4.69, 9.17) is 18.3 Å². The second-order valence-electron chi connectivity index (χ2n) is 8.21. The van der Waals surface area contributed by atoms with Gasteiger partial charge in [-0.1, -0.05) is 0 Å². The van der Waals surface area contributed by atoms with Crippen molar-refractivity contribution in [2.45, 2.75) is 45.9 Å². The van der Waals surface area contributed by atoms with E-state index in [2.05, 4.69) is 0 Å². The molecule has 0 N–H and O–H groups in total.